The Hall–Kier alpha value is -1.67. The summed E-state index contributed by atoms with van der Waals surface area (Å²) in [6.45, 7) is 1.63. The van der Waals surface area contributed by atoms with Crippen LogP contribution in [0.3, 0.4) is 0 Å². The minimum absolute atomic E-state index is 0.0578. The first-order valence-corrected chi connectivity index (χ1v) is 6.23. The summed E-state index contributed by atoms with van der Waals surface area (Å²) in [6, 6.07) is 4.46. The van der Waals surface area contributed by atoms with E-state index in [1.54, 1.807) is 6.92 Å². The number of nitrogens with zero attached hydrogens (tertiary/aromatic N) is 1. The Kier molecular flexibility index (Phi) is 3.96. The van der Waals surface area contributed by atoms with Crippen molar-refractivity contribution in [3.8, 4) is 0 Å². The third-order valence-corrected chi connectivity index (χ3v) is 3.04. The van der Waals surface area contributed by atoms with Crippen molar-refractivity contribution in [1.82, 2.24) is 5.43 Å². The second-order valence-corrected chi connectivity index (χ2v) is 4.59. The predicted molar refractivity (Wildman–Crippen MR) is 69.7 cm³/mol. The molecular formula is C12H13ClN2O5. The van der Waals surface area contributed by atoms with Crippen LogP contribution in [0, 0.1) is 0 Å². The minimum atomic E-state index is -2.87. The zero-order valence-electron chi connectivity index (χ0n) is 10.5. The number of esters is 1. The van der Waals surface area contributed by atoms with Crippen LogP contribution in [0.1, 0.15) is 6.92 Å². The highest BCUT2D eigenvalue weighted by atomic mass is 35.5. The van der Waals surface area contributed by atoms with E-state index in [2.05, 4.69) is 5.43 Å². The van der Waals surface area contributed by atoms with E-state index in [1.165, 1.54) is 24.3 Å². The Balaban J connectivity index is 2.28. The number of amides is 1. The summed E-state index contributed by atoms with van der Waals surface area (Å²) in [5, 5.41) is 20.9. The highest BCUT2D eigenvalue weighted by Gasteiger charge is 2.57. The number of hydrogen-bond acceptors (Lipinski definition) is 6. The Morgan fingerprint density at radius 1 is 1.45 bits per heavy atom. The summed E-state index contributed by atoms with van der Waals surface area (Å²) in [5.74, 6) is -4.87. The van der Waals surface area contributed by atoms with Crippen molar-refractivity contribution in [3.05, 3.63) is 29.3 Å². The average Bonchev–Trinajstić information content (AvgIpc) is 2.63. The number of hydrogen-bond donors (Lipinski definition) is 3. The average molecular weight is 301 g/mol. The van der Waals surface area contributed by atoms with Crippen LogP contribution in [-0.2, 0) is 14.3 Å². The number of halogens is 1. The Bertz CT molecular complexity index is 531. The fraction of sp³-hybridized carbons (Fsp3) is 0.333. The zero-order chi connectivity index (χ0) is 14.9. The van der Waals surface area contributed by atoms with Crippen LogP contribution in [0.2, 0.25) is 5.02 Å². The third kappa shape index (κ3) is 2.48. The van der Waals surface area contributed by atoms with E-state index in [1.807, 2.05) is 0 Å². The number of aliphatic hydroxyl groups is 2. The van der Waals surface area contributed by atoms with Crippen molar-refractivity contribution in [2.75, 3.05) is 11.6 Å². The summed E-state index contributed by atoms with van der Waals surface area (Å²) in [5.41, 5.74) is 2.74. The number of benzene rings is 1. The molecule has 1 unspecified atom stereocenters. The number of hydrazine groups is 1. The van der Waals surface area contributed by atoms with Crippen molar-refractivity contribution >= 4 is 29.2 Å². The zero-order valence-corrected chi connectivity index (χ0v) is 11.3. The van der Waals surface area contributed by atoms with Crippen molar-refractivity contribution in [2.24, 2.45) is 0 Å². The summed E-state index contributed by atoms with van der Waals surface area (Å²) < 4.78 is 4.69. The topological polar surface area (TPSA) is 99.1 Å². The van der Waals surface area contributed by atoms with Crippen LogP contribution >= 0.6 is 11.6 Å². The highest BCUT2D eigenvalue weighted by Crippen LogP contribution is 2.26. The molecule has 0 aromatic heterocycles. The van der Waals surface area contributed by atoms with Crippen molar-refractivity contribution in [3.63, 3.8) is 0 Å². The van der Waals surface area contributed by atoms with Gasteiger partial charge in [-0.15, -0.1) is 0 Å². The Morgan fingerprint density at radius 2 is 2.05 bits per heavy atom. The molecular weight excluding hydrogens is 288 g/mol. The number of anilines is 1. The number of nitrogens with one attached hydrogen (secondary N) is 1. The molecule has 0 bridgehead atoms. The quantitative estimate of drug-likeness (QED) is 0.528. The smallest absolute Gasteiger partial charge is 0.331 e. The van der Waals surface area contributed by atoms with Gasteiger partial charge in [-0.3, -0.25) is 9.59 Å². The van der Waals surface area contributed by atoms with Gasteiger partial charge >= 0.3 is 11.9 Å². The van der Waals surface area contributed by atoms with Gasteiger partial charge in [-0.1, -0.05) is 11.6 Å². The first-order chi connectivity index (χ1) is 9.37. The largest absolute Gasteiger partial charge is 0.465 e. The summed E-state index contributed by atoms with van der Waals surface area (Å²) in [4.78, 5) is 23.6. The van der Waals surface area contributed by atoms with Gasteiger partial charge in [0.15, 0.2) is 6.04 Å². The summed E-state index contributed by atoms with van der Waals surface area (Å²) >= 11 is 5.73. The van der Waals surface area contributed by atoms with E-state index in [9.17, 15) is 19.8 Å². The lowest BCUT2D eigenvalue weighted by atomic mass is 10.1. The highest BCUT2D eigenvalue weighted by molar-refractivity contribution is 6.30. The first-order valence-electron chi connectivity index (χ1n) is 5.85. The molecule has 1 fully saturated rings. The molecule has 1 aromatic carbocycles. The van der Waals surface area contributed by atoms with E-state index in [0.717, 1.165) is 5.01 Å². The monoisotopic (exact) mass is 300 g/mol. The molecule has 108 valence electrons. The number of rotatable bonds is 3. The molecule has 1 amide bonds. The normalized spacial score (nSPS) is 21.1. The molecule has 0 radical (unpaired) electrons. The summed E-state index contributed by atoms with van der Waals surface area (Å²) in [6.07, 6.45) is 0. The molecule has 3 N–H and O–H groups in total. The van der Waals surface area contributed by atoms with E-state index >= 15 is 0 Å². The van der Waals surface area contributed by atoms with Crippen LogP contribution in [0.4, 0.5) is 5.69 Å². The Labute approximate surface area is 119 Å². The molecule has 0 spiro atoms. The molecule has 7 nitrogen and oxygen atoms in total. The van der Waals surface area contributed by atoms with Crippen molar-refractivity contribution < 1.29 is 24.5 Å². The van der Waals surface area contributed by atoms with E-state index in [0.29, 0.717) is 10.7 Å². The molecule has 0 aliphatic carbocycles. The number of carbonyl (C=O) groups excluding carboxylic acids is 2. The maximum absolute atomic E-state index is 12.0. The predicted octanol–water partition coefficient (Wildman–Crippen LogP) is -0.196. The van der Waals surface area contributed by atoms with Gasteiger partial charge < -0.3 is 14.9 Å². The molecule has 1 aliphatic rings. The molecule has 2 rings (SSSR count). The van der Waals surface area contributed by atoms with Gasteiger partial charge in [0.1, 0.15) is 0 Å². The van der Waals surface area contributed by atoms with Crippen molar-refractivity contribution in [1.29, 1.82) is 0 Å². The lowest BCUT2D eigenvalue weighted by molar-refractivity contribution is -0.191. The lowest BCUT2D eigenvalue weighted by Gasteiger charge is -2.17. The van der Waals surface area contributed by atoms with Crippen LogP contribution in [-0.4, -0.2) is 40.5 Å². The molecule has 1 aliphatic heterocycles. The summed E-state index contributed by atoms with van der Waals surface area (Å²) in [7, 11) is 0. The van der Waals surface area contributed by atoms with E-state index < -0.39 is 23.7 Å². The molecule has 0 saturated carbocycles. The van der Waals surface area contributed by atoms with E-state index in [-0.39, 0.29) is 6.61 Å². The second-order valence-electron chi connectivity index (χ2n) is 4.16. The van der Waals surface area contributed by atoms with Gasteiger partial charge in [0.2, 0.25) is 0 Å². The number of ether oxygens (including phenoxy) is 1. The van der Waals surface area contributed by atoms with E-state index in [4.69, 9.17) is 16.3 Å². The maximum Gasteiger partial charge on any atom is 0.331 e. The van der Waals surface area contributed by atoms with Crippen molar-refractivity contribution in [2.45, 2.75) is 18.8 Å². The number of carbonyl (C=O) groups is 2. The standard InChI is InChI=1S/C12H13ClN2O5/c1-2-20-10(16)9-12(18,19)11(17)15(14-9)8-5-3-7(13)4-6-8/h3-6,9,14,18-19H,2H2,1H3. The van der Waals surface area contributed by atoms with Gasteiger partial charge in [-0.05, 0) is 31.2 Å². The fourth-order valence-electron chi connectivity index (χ4n) is 1.79. The molecule has 1 atom stereocenters. The second kappa shape index (κ2) is 5.37. The molecule has 1 aromatic rings. The van der Waals surface area contributed by atoms with Gasteiger partial charge in [0.25, 0.3) is 5.79 Å². The molecule has 1 heterocycles. The SMILES string of the molecule is CCOC(=O)C1NN(c2ccc(Cl)cc2)C(=O)C1(O)O. The molecule has 20 heavy (non-hydrogen) atoms. The molecule has 8 heteroatoms. The van der Waals surface area contributed by atoms with Gasteiger partial charge in [0.05, 0.1) is 12.3 Å². The maximum atomic E-state index is 12.0. The van der Waals surface area contributed by atoms with Gasteiger partial charge in [-0.25, -0.2) is 10.4 Å². The lowest BCUT2D eigenvalue weighted by Crippen LogP contribution is -2.51. The van der Waals surface area contributed by atoms with Crippen LogP contribution in [0.5, 0.6) is 0 Å². The minimum Gasteiger partial charge on any atom is -0.465 e. The Morgan fingerprint density at radius 3 is 2.60 bits per heavy atom. The fourth-order valence-corrected chi connectivity index (χ4v) is 1.92. The van der Waals surface area contributed by atoms with Crippen LogP contribution < -0.4 is 10.4 Å². The van der Waals surface area contributed by atoms with Gasteiger partial charge in [-0.2, -0.15) is 0 Å². The van der Waals surface area contributed by atoms with Gasteiger partial charge in [0, 0.05) is 5.02 Å². The van der Waals surface area contributed by atoms with Crippen LogP contribution in [0.25, 0.3) is 0 Å². The molecule has 1 saturated heterocycles. The first kappa shape index (κ1) is 14.7. The third-order valence-electron chi connectivity index (χ3n) is 2.79. The van der Waals surface area contributed by atoms with Crippen LogP contribution in [0.15, 0.2) is 24.3 Å².